The maximum atomic E-state index is 13.3. The number of aromatic nitrogens is 1. The second-order valence-corrected chi connectivity index (χ2v) is 3.39. The summed E-state index contributed by atoms with van der Waals surface area (Å²) in [7, 11) is 0. The molecule has 2 rings (SSSR count). The number of anilines is 2. The average Bonchev–Trinajstić information content (AvgIpc) is 2.40. The number of hydrogen-bond acceptors (Lipinski definition) is 3. The molecule has 0 aliphatic rings. The van der Waals surface area contributed by atoms with Gasteiger partial charge in [-0.15, -0.1) is 0 Å². The van der Waals surface area contributed by atoms with Gasteiger partial charge in [-0.05, 0) is 24.3 Å². The molecule has 1 N–H and O–H groups in total. The van der Waals surface area contributed by atoms with Gasteiger partial charge in [-0.25, -0.2) is 18.2 Å². The zero-order valence-electron chi connectivity index (χ0n) is 8.92. The van der Waals surface area contributed by atoms with Gasteiger partial charge in [0.05, 0.1) is 11.3 Å². The van der Waals surface area contributed by atoms with E-state index in [2.05, 4.69) is 10.3 Å². The maximum Gasteiger partial charge on any atom is 0.196 e. The van der Waals surface area contributed by atoms with Crippen molar-refractivity contribution in [2.45, 2.75) is 0 Å². The lowest BCUT2D eigenvalue weighted by Crippen LogP contribution is -2.00. The molecule has 2 aromatic rings. The topological polar surface area (TPSA) is 48.7 Å². The molecule has 0 unspecified atom stereocenters. The molecule has 0 aliphatic carbocycles. The van der Waals surface area contributed by atoms with Crippen molar-refractivity contribution < 1.29 is 13.2 Å². The Balaban J connectivity index is 2.29. The van der Waals surface area contributed by atoms with Crippen LogP contribution in [0.3, 0.4) is 0 Å². The molecule has 0 spiro atoms. The van der Waals surface area contributed by atoms with Crippen LogP contribution in [0.15, 0.2) is 30.5 Å². The maximum absolute atomic E-state index is 13.3. The summed E-state index contributed by atoms with van der Waals surface area (Å²) >= 11 is 0. The summed E-state index contributed by atoms with van der Waals surface area (Å²) in [5, 5.41) is 11.1. The van der Waals surface area contributed by atoms with E-state index in [1.807, 2.05) is 6.07 Å². The first-order valence-corrected chi connectivity index (χ1v) is 4.88. The number of nitrogens with one attached hydrogen (secondary N) is 1. The standard InChI is InChI=1S/C12H6F3N3/c13-8-2-3-9(12(15)11(8)14)18-10-4-1-7(5-16)6-17-10/h1-4,6H,(H,17,18). The Morgan fingerprint density at radius 2 is 1.83 bits per heavy atom. The van der Waals surface area contributed by atoms with Crippen molar-refractivity contribution >= 4 is 11.5 Å². The predicted molar refractivity (Wildman–Crippen MR) is 58.6 cm³/mol. The van der Waals surface area contributed by atoms with Crippen molar-refractivity contribution in [3.63, 3.8) is 0 Å². The van der Waals surface area contributed by atoms with Gasteiger partial charge in [0.25, 0.3) is 0 Å². The monoisotopic (exact) mass is 249 g/mol. The highest BCUT2D eigenvalue weighted by atomic mass is 19.2. The summed E-state index contributed by atoms with van der Waals surface area (Å²) in [6.45, 7) is 0. The van der Waals surface area contributed by atoms with Crippen LogP contribution in [0.4, 0.5) is 24.7 Å². The molecule has 0 atom stereocenters. The van der Waals surface area contributed by atoms with E-state index in [0.29, 0.717) is 5.56 Å². The van der Waals surface area contributed by atoms with E-state index in [9.17, 15) is 13.2 Å². The molecular weight excluding hydrogens is 243 g/mol. The van der Waals surface area contributed by atoms with Gasteiger partial charge in [-0.1, -0.05) is 0 Å². The van der Waals surface area contributed by atoms with Crippen molar-refractivity contribution in [2.75, 3.05) is 5.32 Å². The van der Waals surface area contributed by atoms with Crippen molar-refractivity contribution in [1.29, 1.82) is 5.26 Å². The normalized spacial score (nSPS) is 9.89. The van der Waals surface area contributed by atoms with Crippen molar-refractivity contribution in [1.82, 2.24) is 4.98 Å². The van der Waals surface area contributed by atoms with Crippen LogP contribution < -0.4 is 5.32 Å². The van der Waals surface area contributed by atoms with E-state index in [1.54, 1.807) is 0 Å². The zero-order valence-corrected chi connectivity index (χ0v) is 8.92. The molecule has 1 aromatic heterocycles. The molecule has 0 radical (unpaired) electrons. The van der Waals surface area contributed by atoms with Crippen LogP contribution in [0.5, 0.6) is 0 Å². The second-order valence-electron chi connectivity index (χ2n) is 3.39. The molecule has 0 bridgehead atoms. The molecule has 1 heterocycles. The van der Waals surface area contributed by atoms with Crippen LogP contribution in [0, 0.1) is 28.8 Å². The van der Waals surface area contributed by atoms with Crippen LogP contribution in [0.2, 0.25) is 0 Å². The molecular formula is C12H6F3N3. The average molecular weight is 249 g/mol. The third-order valence-electron chi connectivity index (χ3n) is 2.19. The van der Waals surface area contributed by atoms with Gasteiger partial charge in [-0.2, -0.15) is 5.26 Å². The molecule has 3 nitrogen and oxygen atoms in total. The Labute approximate surface area is 101 Å². The van der Waals surface area contributed by atoms with Crippen molar-refractivity contribution in [3.8, 4) is 6.07 Å². The Morgan fingerprint density at radius 3 is 2.44 bits per heavy atom. The first-order valence-electron chi connectivity index (χ1n) is 4.88. The minimum atomic E-state index is -1.55. The molecule has 90 valence electrons. The van der Waals surface area contributed by atoms with E-state index in [4.69, 9.17) is 5.26 Å². The molecule has 0 fully saturated rings. The Kier molecular flexibility index (Phi) is 3.15. The van der Waals surface area contributed by atoms with Crippen LogP contribution in [0.25, 0.3) is 0 Å². The first kappa shape index (κ1) is 11.9. The fourth-order valence-electron chi connectivity index (χ4n) is 1.29. The highest BCUT2D eigenvalue weighted by Gasteiger charge is 2.13. The summed E-state index contributed by atoms with van der Waals surface area (Å²) in [5.74, 6) is -3.90. The van der Waals surface area contributed by atoms with Gasteiger partial charge in [0.15, 0.2) is 17.5 Å². The minimum absolute atomic E-state index is 0.221. The lowest BCUT2D eigenvalue weighted by Gasteiger charge is -2.07. The molecule has 0 amide bonds. The fourth-order valence-corrected chi connectivity index (χ4v) is 1.29. The van der Waals surface area contributed by atoms with Gasteiger partial charge < -0.3 is 5.32 Å². The summed E-state index contributed by atoms with van der Waals surface area (Å²) in [5.41, 5.74) is 0.109. The highest BCUT2D eigenvalue weighted by Crippen LogP contribution is 2.22. The summed E-state index contributed by atoms with van der Waals surface area (Å²) in [4.78, 5) is 3.82. The molecule has 0 saturated heterocycles. The van der Waals surface area contributed by atoms with Crippen molar-refractivity contribution in [2.24, 2.45) is 0 Å². The molecule has 1 aromatic carbocycles. The van der Waals surface area contributed by atoms with E-state index >= 15 is 0 Å². The number of nitriles is 1. The fraction of sp³-hybridized carbons (Fsp3) is 0. The van der Waals surface area contributed by atoms with Gasteiger partial charge in [0.1, 0.15) is 11.9 Å². The van der Waals surface area contributed by atoms with Gasteiger partial charge in [0.2, 0.25) is 0 Å². The zero-order chi connectivity index (χ0) is 13.1. The summed E-state index contributed by atoms with van der Waals surface area (Å²) < 4.78 is 39.0. The summed E-state index contributed by atoms with van der Waals surface area (Å²) in [6, 6.07) is 6.64. The SMILES string of the molecule is N#Cc1ccc(Nc2ccc(F)c(F)c2F)nc1. The number of hydrogen-bond donors (Lipinski definition) is 1. The van der Waals surface area contributed by atoms with Gasteiger partial charge in [0, 0.05) is 6.20 Å². The lowest BCUT2D eigenvalue weighted by molar-refractivity contribution is 0.449. The summed E-state index contributed by atoms with van der Waals surface area (Å²) in [6.07, 6.45) is 1.28. The van der Waals surface area contributed by atoms with Crippen LogP contribution in [0.1, 0.15) is 5.56 Å². The Hall–Kier alpha value is -2.55. The first-order chi connectivity index (χ1) is 8.61. The molecule has 6 heteroatoms. The number of benzene rings is 1. The lowest BCUT2D eigenvalue weighted by atomic mass is 10.2. The van der Waals surface area contributed by atoms with E-state index < -0.39 is 17.5 Å². The van der Waals surface area contributed by atoms with Gasteiger partial charge >= 0.3 is 0 Å². The highest BCUT2D eigenvalue weighted by molar-refractivity contribution is 5.57. The van der Waals surface area contributed by atoms with Crippen LogP contribution >= 0.6 is 0 Å². The van der Waals surface area contributed by atoms with Crippen LogP contribution in [-0.2, 0) is 0 Å². The number of pyridine rings is 1. The van der Waals surface area contributed by atoms with Gasteiger partial charge in [-0.3, -0.25) is 0 Å². The largest absolute Gasteiger partial charge is 0.338 e. The molecule has 0 saturated carbocycles. The van der Waals surface area contributed by atoms with E-state index in [-0.39, 0.29) is 11.5 Å². The molecule has 18 heavy (non-hydrogen) atoms. The Bertz CT molecular complexity index is 618. The smallest absolute Gasteiger partial charge is 0.196 e. The Morgan fingerprint density at radius 1 is 1.06 bits per heavy atom. The predicted octanol–water partition coefficient (Wildman–Crippen LogP) is 3.11. The van der Waals surface area contributed by atoms with E-state index in [1.165, 1.54) is 18.3 Å². The van der Waals surface area contributed by atoms with Crippen LogP contribution in [-0.4, -0.2) is 4.98 Å². The van der Waals surface area contributed by atoms with Crippen molar-refractivity contribution in [3.05, 3.63) is 53.5 Å². The third kappa shape index (κ3) is 2.25. The number of halogens is 3. The quantitative estimate of drug-likeness (QED) is 0.832. The number of rotatable bonds is 2. The molecule has 0 aliphatic heterocycles. The number of nitrogens with zero attached hydrogens (tertiary/aromatic N) is 2. The second kappa shape index (κ2) is 4.75. The van der Waals surface area contributed by atoms with E-state index in [0.717, 1.165) is 12.1 Å². The third-order valence-corrected chi connectivity index (χ3v) is 2.19. The minimum Gasteiger partial charge on any atom is -0.338 e.